The number of hydrogen-bond donors (Lipinski definition) is 1. The molecule has 0 amide bonds. The zero-order valence-corrected chi connectivity index (χ0v) is 14.7. The SMILES string of the molecule is CSC1(CN2CCCNC(C3CCCCC3)C2)CCCC1. The molecule has 3 rings (SSSR count). The quantitative estimate of drug-likeness (QED) is 0.847. The Bertz CT molecular complexity index is 308. The summed E-state index contributed by atoms with van der Waals surface area (Å²) in [6.45, 7) is 5.22. The molecule has 2 saturated carbocycles. The second kappa shape index (κ2) is 7.70. The van der Waals surface area contributed by atoms with Crippen LogP contribution < -0.4 is 5.32 Å². The molecule has 2 nitrogen and oxygen atoms in total. The summed E-state index contributed by atoms with van der Waals surface area (Å²) in [4.78, 5) is 2.82. The minimum Gasteiger partial charge on any atom is -0.312 e. The predicted octanol–water partition coefficient (Wildman–Crippen LogP) is 3.91. The van der Waals surface area contributed by atoms with Crippen LogP contribution in [0, 0.1) is 5.92 Å². The number of rotatable bonds is 4. The summed E-state index contributed by atoms with van der Waals surface area (Å²) in [6.07, 6.45) is 16.9. The number of thioether (sulfide) groups is 1. The molecule has 0 aromatic carbocycles. The van der Waals surface area contributed by atoms with Crippen LogP contribution in [0.25, 0.3) is 0 Å². The Morgan fingerprint density at radius 3 is 2.52 bits per heavy atom. The molecule has 3 heteroatoms. The van der Waals surface area contributed by atoms with E-state index in [1.54, 1.807) is 0 Å². The second-order valence-corrected chi connectivity index (χ2v) is 8.92. The van der Waals surface area contributed by atoms with Crippen molar-refractivity contribution < 1.29 is 0 Å². The first-order chi connectivity index (χ1) is 10.3. The van der Waals surface area contributed by atoms with Crippen LogP contribution in [0.15, 0.2) is 0 Å². The van der Waals surface area contributed by atoms with Crippen molar-refractivity contribution >= 4 is 11.8 Å². The van der Waals surface area contributed by atoms with Crippen molar-refractivity contribution in [2.24, 2.45) is 5.92 Å². The number of nitrogens with one attached hydrogen (secondary N) is 1. The topological polar surface area (TPSA) is 15.3 Å². The van der Waals surface area contributed by atoms with E-state index in [-0.39, 0.29) is 0 Å². The van der Waals surface area contributed by atoms with E-state index in [2.05, 4.69) is 28.2 Å². The molecule has 1 atom stereocenters. The Morgan fingerprint density at radius 1 is 1.05 bits per heavy atom. The highest BCUT2D eigenvalue weighted by molar-refractivity contribution is 8.00. The maximum atomic E-state index is 3.89. The molecule has 1 N–H and O–H groups in total. The Hall–Kier alpha value is 0.270. The summed E-state index contributed by atoms with van der Waals surface area (Å²) in [5, 5.41) is 3.89. The first-order valence-electron chi connectivity index (χ1n) is 9.32. The second-order valence-electron chi connectivity index (χ2n) is 7.64. The summed E-state index contributed by atoms with van der Waals surface area (Å²) in [5.74, 6) is 0.952. The van der Waals surface area contributed by atoms with Crippen molar-refractivity contribution in [2.45, 2.75) is 75.0 Å². The minimum absolute atomic E-state index is 0.585. The van der Waals surface area contributed by atoms with Crippen molar-refractivity contribution in [3.8, 4) is 0 Å². The van der Waals surface area contributed by atoms with Crippen LogP contribution in [0.2, 0.25) is 0 Å². The van der Waals surface area contributed by atoms with E-state index in [9.17, 15) is 0 Å². The van der Waals surface area contributed by atoms with Crippen LogP contribution in [0.4, 0.5) is 0 Å². The molecule has 2 aliphatic carbocycles. The zero-order valence-electron chi connectivity index (χ0n) is 13.9. The van der Waals surface area contributed by atoms with Crippen molar-refractivity contribution in [2.75, 3.05) is 32.4 Å². The average molecular weight is 311 g/mol. The van der Waals surface area contributed by atoms with E-state index in [1.165, 1.54) is 90.4 Å². The van der Waals surface area contributed by atoms with Gasteiger partial charge in [-0.05, 0) is 57.4 Å². The van der Waals surface area contributed by atoms with Gasteiger partial charge < -0.3 is 10.2 Å². The standard InChI is InChI=1S/C18H34N2S/c1-21-18(10-5-6-11-18)15-20-13-7-12-19-17(14-20)16-8-3-2-4-9-16/h16-17,19H,2-15H2,1H3. The van der Waals surface area contributed by atoms with E-state index >= 15 is 0 Å². The highest BCUT2D eigenvalue weighted by Gasteiger charge is 2.36. The fourth-order valence-electron chi connectivity index (χ4n) is 4.87. The van der Waals surface area contributed by atoms with Crippen molar-refractivity contribution in [3.05, 3.63) is 0 Å². The third kappa shape index (κ3) is 4.17. The molecule has 0 aromatic heterocycles. The van der Waals surface area contributed by atoms with E-state index in [0.717, 1.165) is 12.0 Å². The summed E-state index contributed by atoms with van der Waals surface area (Å²) >= 11 is 2.16. The van der Waals surface area contributed by atoms with Gasteiger partial charge >= 0.3 is 0 Å². The molecule has 1 saturated heterocycles. The van der Waals surface area contributed by atoms with Crippen LogP contribution in [0.1, 0.15) is 64.2 Å². The Balaban J connectivity index is 1.59. The summed E-state index contributed by atoms with van der Waals surface area (Å²) in [6, 6.07) is 0.771. The summed E-state index contributed by atoms with van der Waals surface area (Å²) in [5.41, 5.74) is 0. The first-order valence-corrected chi connectivity index (χ1v) is 10.5. The van der Waals surface area contributed by atoms with Crippen molar-refractivity contribution in [1.82, 2.24) is 10.2 Å². The van der Waals surface area contributed by atoms with Crippen molar-refractivity contribution in [1.29, 1.82) is 0 Å². The highest BCUT2D eigenvalue weighted by atomic mass is 32.2. The Labute approximate surface area is 135 Å². The maximum absolute atomic E-state index is 3.89. The molecule has 1 heterocycles. The van der Waals surface area contributed by atoms with Crippen LogP contribution in [-0.4, -0.2) is 48.1 Å². The molecular weight excluding hydrogens is 276 g/mol. The highest BCUT2D eigenvalue weighted by Crippen LogP contribution is 2.41. The van der Waals surface area contributed by atoms with Gasteiger partial charge in [0.1, 0.15) is 0 Å². The lowest BCUT2D eigenvalue weighted by atomic mass is 9.83. The summed E-state index contributed by atoms with van der Waals surface area (Å²) < 4.78 is 0.585. The number of nitrogens with zero attached hydrogens (tertiary/aromatic N) is 1. The average Bonchev–Trinajstić information content (AvgIpc) is 2.87. The third-order valence-electron chi connectivity index (χ3n) is 6.19. The van der Waals surface area contributed by atoms with Gasteiger partial charge in [0.15, 0.2) is 0 Å². The predicted molar refractivity (Wildman–Crippen MR) is 94.1 cm³/mol. The lowest BCUT2D eigenvalue weighted by Crippen LogP contribution is -2.47. The van der Waals surface area contributed by atoms with Gasteiger partial charge in [-0.2, -0.15) is 11.8 Å². The Morgan fingerprint density at radius 2 is 1.81 bits per heavy atom. The molecule has 0 spiro atoms. The smallest absolute Gasteiger partial charge is 0.0284 e. The van der Waals surface area contributed by atoms with E-state index in [4.69, 9.17) is 0 Å². The molecule has 0 aromatic rings. The van der Waals surface area contributed by atoms with Gasteiger partial charge in [-0.1, -0.05) is 32.1 Å². The normalized spacial score (nSPS) is 32.1. The van der Waals surface area contributed by atoms with Crippen LogP contribution >= 0.6 is 11.8 Å². The van der Waals surface area contributed by atoms with Gasteiger partial charge in [0, 0.05) is 23.9 Å². The van der Waals surface area contributed by atoms with E-state index in [1.807, 2.05) is 0 Å². The Kier molecular flexibility index (Phi) is 5.92. The van der Waals surface area contributed by atoms with Crippen LogP contribution in [-0.2, 0) is 0 Å². The lowest BCUT2D eigenvalue weighted by Gasteiger charge is -2.37. The van der Waals surface area contributed by atoms with Gasteiger partial charge in [-0.25, -0.2) is 0 Å². The fourth-order valence-corrected chi connectivity index (χ4v) is 5.88. The largest absolute Gasteiger partial charge is 0.312 e. The molecule has 1 aliphatic heterocycles. The molecule has 0 radical (unpaired) electrons. The van der Waals surface area contributed by atoms with Gasteiger partial charge in [-0.3, -0.25) is 0 Å². The lowest BCUT2D eigenvalue weighted by molar-refractivity contribution is 0.194. The van der Waals surface area contributed by atoms with Crippen LogP contribution in [0.3, 0.4) is 0 Å². The van der Waals surface area contributed by atoms with Gasteiger partial charge in [0.2, 0.25) is 0 Å². The van der Waals surface area contributed by atoms with Crippen molar-refractivity contribution in [3.63, 3.8) is 0 Å². The minimum atomic E-state index is 0.585. The molecule has 21 heavy (non-hydrogen) atoms. The van der Waals surface area contributed by atoms with Gasteiger partial charge in [0.25, 0.3) is 0 Å². The molecule has 122 valence electrons. The first kappa shape index (κ1) is 16.1. The third-order valence-corrected chi connectivity index (χ3v) is 7.59. The molecule has 0 bridgehead atoms. The van der Waals surface area contributed by atoms with E-state index < -0.39 is 0 Å². The molecule has 3 fully saturated rings. The zero-order chi connectivity index (χ0) is 14.5. The number of hydrogen-bond acceptors (Lipinski definition) is 3. The fraction of sp³-hybridized carbons (Fsp3) is 1.00. The van der Waals surface area contributed by atoms with Gasteiger partial charge in [-0.15, -0.1) is 0 Å². The molecule has 3 aliphatic rings. The molecule has 1 unspecified atom stereocenters. The van der Waals surface area contributed by atoms with Crippen LogP contribution in [0.5, 0.6) is 0 Å². The van der Waals surface area contributed by atoms with E-state index in [0.29, 0.717) is 4.75 Å². The maximum Gasteiger partial charge on any atom is 0.0284 e. The monoisotopic (exact) mass is 310 g/mol. The summed E-state index contributed by atoms with van der Waals surface area (Å²) in [7, 11) is 0. The molecular formula is C18H34N2S. The van der Waals surface area contributed by atoms with Gasteiger partial charge in [0.05, 0.1) is 0 Å².